The van der Waals surface area contributed by atoms with Crippen LogP contribution in [-0.4, -0.2) is 30.9 Å². The largest absolute Gasteiger partial charge is 0.354 e. The van der Waals surface area contributed by atoms with Crippen LogP contribution in [0.5, 0.6) is 0 Å². The van der Waals surface area contributed by atoms with Crippen molar-refractivity contribution < 1.29 is 9.59 Å². The molecule has 1 heterocycles. The summed E-state index contributed by atoms with van der Waals surface area (Å²) in [6, 6.07) is 0.0766. The second-order valence-corrected chi connectivity index (χ2v) is 5.54. The van der Waals surface area contributed by atoms with Gasteiger partial charge in [0.15, 0.2) is 0 Å². The maximum Gasteiger partial charge on any atom is 0.220 e. The highest BCUT2D eigenvalue weighted by atomic mass is 16.2. The lowest BCUT2D eigenvalue weighted by Gasteiger charge is -2.24. The van der Waals surface area contributed by atoms with Crippen molar-refractivity contribution in [2.75, 3.05) is 13.1 Å². The summed E-state index contributed by atoms with van der Waals surface area (Å²) in [7, 11) is 0. The minimum atomic E-state index is 0.0484. The molecule has 2 atom stereocenters. The Hall–Kier alpha value is -1.10. The van der Waals surface area contributed by atoms with Gasteiger partial charge in [-0.25, -0.2) is 0 Å². The number of rotatable bonds is 6. The van der Waals surface area contributed by atoms with Crippen LogP contribution in [0.15, 0.2) is 0 Å². The molecule has 1 aliphatic heterocycles. The number of piperidine rings is 1. The van der Waals surface area contributed by atoms with Gasteiger partial charge in [0.1, 0.15) is 0 Å². The summed E-state index contributed by atoms with van der Waals surface area (Å²) in [5.41, 5.74) is 5.68. The lowest BCUT2D eigenvalue weighted by atomic mass is 9.93. The molecule has 5 nitrogen and oxygen atoms in total. The molecule has 1 saturated heterocycles. The van der Waals surface area contributed by atoms with Crippen LogP contribution in [0.4, 0.5) is 0 Å². The van der Waals surface area contributed by atoms with Crippen molar-refractivity contribution in [1.29, 1.82) is 0 Å². The van der Waals surface area contributed by atoms with Crippen molar-refractivity contribution in [3.05, 3.63) is 0 Å². The zero-order valence-electron chi connectivity index (χ0n) is 11.4. The third-order valence-corrected chi connectivity index (χ3v) is 3.24. The van der Waals surface area contributed by atoms with Crippen molar-refractivity contribution in [3.63, 3.8) is 0 Å². The van der Waals surface area contributed by atoms with E-state index in [1.165, 1.54) is 0 Å². The highest BCUT2D eigenvalue weighted by Crippen LogP contribution is 2.14. The lowest BCUT2D eigenvalue weighted by molar-refractivity contribution is -0.126. The summed E-state index contributed by atoms with van der Waals surface area (Å²) < 4.78 is 0. The zero-order chi connectivity index (χ0) is 13.5. The molecule has 1 aliphatic rings. The van der Waals surface area contributed by atoms with E-state index in [0.717, 1.165) is 12.8 Å². The maximum absolute atomic E-state index is 11.9. The van der Waals surface area contributed by atoms with E-state index < -0.39 is 0 Å². The number of nitrogens with one attached hydrogen (secondary N) is 2. The molecule has 0 saturated carbocycles. The summed E-state index contributed by atoms with van der Waals surface area (Å²) in [5.74, 6) is 0.927. The van der Waals surface area contributed by atoms with Crippen LogP contribution in [0.25, 0.3) is 0 Å². The highest BCUT2D eigenvalue weighted by Gasteiger charge is 2.21. The molecular formula is C13H25N3O2. The minimum Gasteiger partial charge on any atom is -0.354 e. The van der Waals surface area contributed by atoms with Crippen LogP contribution in [-0.2, 0) is 9.59 Å². The monoisotopic (exact) mass is 255 g/mol. The van der Waals surface area contributed by atoms with Gasteiger partial charge in [-0.15, -0.1) is 0 Å². The molecule has 0 spiro atoms. The normalized spacial score (nSPS) is 21.6. The van der Waals surface area contributed by atoms with Crippen molar-refractivity contribution in [2.45, 2.75) is 45.6 Å². The zero-order valence-corrected chi connectivity index (χ0v) is 11.4. The van der Waals surface area contributed by atoms with Gasteiger partial charge in [0.2, 0.25) is 11.8 Å². The molecule has 2 amide bonds. The Bertz CT molecular complexity index is 282. The number of amides is 2. The first-order valence-electron chi connectivity index (χ1n) is 6.77. The topological polar surface area (TPSA) is 84.2 Å². The van der Waals surface area contributed by atoms with Gasteiger partial charge in [-0.2, -0.15) is 0 Å². The molecule has 18 heavy (non-hydrogen) atoms. The first-order valence-corrected chi connectivity index (χ1v) is 6.77. The molecule has 0 aromatic rings. The lowest BCUT2D eigenvalue weighted by Crippen LogP contribution is -2.48. The maximum atomic E-state index is 11.9. The third-order valence-electron chi connectivity index (χ3n) is 3.24. The van der Waals surface area contributed by atoms with Crippen LogP contribution >= 0.6 is 0 Å². The van der Waals surface area contributed by atoms with Gasteiger partial charge in [-0.3, -0.25) is 9.59 Å². The molecule has 0 aromatic carbocycles. The first kappa shape index (κ1) is 15.0. The molecule has 0 aliphatic carbocycles. The van der Waals surface area contributed by atoms with Gasteiger partial charge in [-0.05, 0) is 31.2 Å². The van der Waals surface area contributed by atoms with Crippen LogP contribution in [0, 0.1) is 11.8 Å². The van der Waals surface area contributed by atoms with Crippen LogP contribution in [0.3, 0.4) is 0 Å². The van der Waals surface area contributed by atoms with Gasteiger partial charge in [0.05, 0.1) is 0 Å². The predicted octanol–water partition coefficient (Wildman–Crippen LogP) is 0.392. The van der Waals surface area contributed by atoms with E-state index in [0.29, 0.717) is 31.8 Å². The fraction of sp³-hybridized carbons (Fsp3) is 0.846. The molecular weight excluding hydrogens is 230 g/mol. The van der Waals surface area contributed by atoms with E-state index >= 15 is 0 Å². The molecule has 0 aromatic heterocycles. The second kappa shape index (κ2) is 7.36. The second-order valence-electron chi connectivity index (χ2n) is 5.54. The van der Waals surface area contributed by atoms with Crippen molar-refractivity contribution >= 4 is 11.8 Å². The molecule has 1 fully saturated rings. The Kier molecular flexibility index (Phi) is 6.12. The molecule has 4 N–H and O–H groups in total. The number of hydrogen-bond donors (Lipinski definition) is 3. The summed E-state index contributed by atoms with van der Waals surface area (Å²) in [5, 5.41) is 5.73. The molecule has 5 heteroatoms. The Labute approximate surface area is 109 Å². The van der Waals surface area contributed by atoms with E-state index in [1.807, 2.05) is 0 Å². The fourth-order valence-corrected chi connectivity index (χ4v) is 2.33. The Morgan fingerprint density at radius 2 is 2.28 bits per heavy atom. The molecule has 1 rings (SSSR count). The average Bonchev–Trinajstić information content (AvgIpc) is 2.30. The van der Waals surface area contributed by atoms with Crippen molar-refractivity contribution in [2.24, 2.45) is 17.6 Å². The van der Waals surface area contributed by atoms with E-state index in [2.05, 4.69) is 24.5 Å². The Morgan fingerprint density at radius 3 is 2.78 bits per heavy atom. The van der Waals surface area contributed by atoms with Gasteiger partial charge in [0.25, 0.3) is 0 Å². The first-order chi connectivity index (χ1) is 8.51. The molecule has 0 radical (unpaired) electrons. The number of carbonyl (C=O) groups is 2. The summed E-state index contributed by atoms with van der Waals surface area (Å²) in [6.45, 7) is 5.36. The summed E-state index contributed by atoms with van der Waals surface area (Å²) in [6.07, 6.45) is 2.69. The summed E-state index contributed by atoms with van der Waals surface area (Å²) >= 11 is 0. The van der Waals surface area contributed by atoms with E-state index in [4.69, 9.17) is 5.73 Å². The van der Waals surface area contributed by atoms with Crippen LogP contribution < -0.4 is 16.4 Å². The molecule has 104 valence electrons. The van der Waals surface area contributed by atoms with Gasteiger partial charge >= 0.3 is 0 Å². The van der Waals surface area contributed by atoms with Gasteiger partial charge in [-0.1, -0.05) is 13.8 Å². The van der Waals surface area contributed by atoms with Crippen molar-refractivity contribution in [1.82, 2.24) is 10.6 Å². The van der Waals surface area contributed by atoms with Crippen molar-refractivity contribution in [3.8, 4) is 0 Å². The average molecular weight is 255 g/mol. The fourth-order valence-electron chi connectivity index (χ4n) is 2.33. The number of nitrogens with two attached hydrogens (primary N) is 1. The molecule has 0 bridgehead atoms. The predicted molar refractivity (Wildman–Crippen MR) is 70.8 cm³/mol. The SMILES string of the molecule is CC(C)CC(CN)CC(=O)NC1CCC(=O)NC1. The third kappa shape index (κ3) is 5.49. The van der Waals surface area contributed by atoms with E-state index in [-0.39, 0.29) is 23.8 Å². The Morgan fingerprint density at radius 1 is 1.56 bits per heavy atom. The number of hydrogen-bond acceptors (Lipinski definition) is 3. The van der Waals surface area contributed by atoms with Gasteiger partial charge in [0, 0.05) is 25.4 Å². The van der Waals surface area contributed by atoms with E-state index in [9.17, 15) is 9.59 Å². The quantitative estimate of drug-likeness (QED) is 0.642. The minimum absolute atomic E-state index is 0.0484. The number of carbonyl (C=O) groups excluding carboxylic acids is 2. The smallest absolute Gasteiger partial charge is 0.220 e. The highest BCUT2D eigenvalue weighted by molar-refractivity contribution is 5.79. The standard InChI is InChI=1S/C13H25N3O2/c1-9(2)5-10(7-14)6-13(18)16-11-3-4-12(17)15-8-11/h9-11H,3-8,14H2,1-2H3,(H,15,17)(H,16,18). The van der Waals surface area contributed by atoms with Gasteiger partial charge < -0.3 is 16.4 Å². The van der Waals surface area contributed by atoms with Crippen LogP contribution in [0.2, 0.25) is 0 Å². The molecule has 2 unspecified atom stereocenters. The van der Waals surface area contributed by atoms with E-state index in [1.54, 1.807) is 0 Å². The van der Waals surface area contributed by atoms with Crippen LogP contribution in [0.1, 0.15) is 39.5 Å². The Balaban J connectivity index is 2.29. The summed E-state index contributed by atoms with van der Waals surface area (Å²) in [4.78, 5) is 22.9.